The van der Waals surface area contributed by atoms with Crippen LogP contribution in [-0.4, -0.2) is 43.9 Å². The van der Waals surface area contributed by atoms with E-state index in [1.807, 2.05) is 0 Å². The van der Waals surface area contributed by atoms with Gasteiger partial charge in [-0.2, -0.15) is 0 Å². The van der Waals surface area contributed by atoms with Crippen LogP contribution in [0.25, 0.3) is 10.4 Å². The van der Waals surface area contributed by atoms with Gasteiger partial charge in [0.15, 0.2) is 0 Å². The Morgan fingerprint density at radius 1 is 1.24 bits per heavy atom. The molecule has 9 nitrogen and oxygen atoms in total. The quantitative estimate of drug-likeness (QED) is 0.136. The zero-order valence-corrected chi connectivity index (χ0v) is 23.6. The van der Waals surface area contributed by atoms with Gasteiger partial charge in [-0.15, -0.1) is 0 Å². The number of nitrogens with one attached hydrogen (secondary N) is 1. The Bertz CT molecular complexity index is 953. The molecule has 0 saturated heterocycles. The van der Waals surface area contributed by atoms with Crippen molar-refractivity contribution in [1.29, 1.82) is 0 Å². The lowest BCUT2D eigenvalue weighted by molar-refractivity contribution is -0.142. The summed E-state index contributed by atoms with van der Waals surface area (Å²) in [6, 6.07) is 0.0545. The molecule has 1 amide bonds. The number of hydrogen-bond acceptors (Lipinski definition) is 6. The molecule has 4 aliphatic rings. The predicted octanol–water partition coefficient (Wildman–Crippen LogP) is 5.74. The minimum absolute atomic E-state index is 0.0112. The molecule has 4 fully saturated rings. The van der Waals surface area contributed by atoms with Crippen molar-refractivity contribution < 1.29 is 19.1 Å². The Balaban J connectivity index is 1.64. The SMILES string of the molecule is C=CCOC(=O)N[C@@H]1C[C@@H]2C[C@H](N=[N+]=[N-])CC[C@]2(C)[C@H]2C[C@H](N)[C@]3(C)[C@@H]([C@H](C)CCC(=O)OC)CC[C@H]3[C@H]12. The van der Waals surface area contributed by atoms with Crippen molar-refractivity contribution >= 4 is 12.1 Å². The van der Waals surface area contributed by atoms with Gasteiger partial charge in [0.1, 0.15) is 6.61 Å². The van der Waals surface area contributed by atoms with Crippen molar-refractivity contribution in [2.75, 3.05) is 13.7 Å². The Labute approximate surface area is 227 Å². The molecule has 0 aromatic heterocycles. The van der Waals surface area contributed by atoms with E-state index < -0.39 is 6.09 Å². The van der Waals surface area contributed by atoms with Crippen molar-refractivity contribution in [1.82, 2.24) is 5.32 Å². The first-order valence-electron chi connectivity index (χ1n) is 14.5. The number of rotatable bonds is 8. The smallest absolute Gasteiger partial charge is 0.407 e. The van der Waals surface area contributed by atoms with Crippen LogP contribution in [0.15, 0.2) is 17.8 Å². The summed E-state index contributed by atoms with van der Waals surface area (Å²) >= 11 is 0. The van der Waals surface area contributed by atoms with Crippen molar-refractivity contribution in [3.05, 3.63) is 23.1 Å². The summed E-state index contributed by atoms with van der Waals surface area (Å²) in [5, 5.41) is 7.35. The molecular formula is C29H47N5O4. The van der Waals surface area contributed by atoms with E-state index in [-0.39, 0.29) is 41.5 Å². The fourth-order valence-corrected chi connectivity index (χ4v) is 9.57. The zero-order chi connectivity index (χ0) is 27.7. The van der Waals surface area contributed by atoms with Gasteiger partial charge in [0.2, 0.25) is 0 Å². The van der Waals surface area contributed by atoms with Crippen molar-refractivity contribution in [3.63, 3.8) is 0 Å². The van der Waals surface area contributed by atoms with Crippen LogP contribution in [0.4, 0.5) is 4.79 Å². The third-order valence-corrected chi connectivity index (χ3v) is 11.5. The van der Waals surface area contributed by atoms with Gasteiger partial charge in [-0.1, -0.05) is 38.5 Å². The number of alkyl carbamates (subject to hydrolysis) is 1. The average molecular weight is 530 g/mol. The highest BCUT2D eigenvalue weighted by Crippen LogP contribution is 2.68. The Morgan fingerprint density at radius 3 is 2.68 bits per heavy atom. The summed E-state index contributed by atoms with van der Waals surface area (Å²) in [6.45, 7) is 10.9. The summed E-state index contributed by atoms with van der Waals surface area (Å²) in [4.78, 5) is 27.8. The van der Waals surface area contributed by atoms with Gasteiger partial charge in [-0.05, 0) is 103 Å². The van der Waals surface area contributed by atoms with Crippen molar-refractivity contribution in [2.45, 2.75) is 96.7 Å². The number of hydrogen-bond donors (Lipinski definition) is 2. The van der Waals surface area contributed by atoms with Crippen LogP contribution in [0.3, 0.4) is 0 Å². The molecule has 9 heteroatoms. The van der Waals surface area contributed by atoms with Gasteiger partial charge in [0.05, 0.1) is 7.11 Å². The van der Waals surface area contributed by atoms with E-state index in [4.69, 9.17) is 20.7 Å². The number of nitrogens with zero attached hydrogens (tertiary/aromatic N) is 3. The number of nitrogens with two attached hydrogens (primary N) is 1. The first kappa shape index (κ1) is 28.8. The van der Waals surface area contributed by atoms with Crippen LogP contribution < -0.4 is 11.1 Å². The largest absolute Gasteiger partial charge is 0.469 e. The summed E-state index contributed by atoms with van der Waals surface area (Å²) < 4.78 is 10.3. The van der Waals surface area contributed by atoms with Crippen LogP contribution >= 0.6 is 0 Å². The number of esters is 1. The zero-order valence-electron chi connectivity index (χ0n) is 23.6. The summed E-state index contributed by atoms with van der Waals surface area (Å²) in [5.41, 5.74) is 16.3. The van der Waals surface area contributed by atoms with Crippen LogP contribution in [0.1, 0.15) is 78.6 Å². The van der Waals surface area contributed by atoms with Gasteiger partial charge in [-0.3, -0.25) is 4.79 Å². The van der Waals surface area contributed by atoms with E-state index >= 15 is 0 Å². The highest BCUT2D eigenvalue weighted by atomic mass is 16.5. The highest BCUT2D eigenvalue weighted by Gasteiger charge is 2.65. The van der Waals surface area contributed by atoms with E-state index in [1.54, 1.807) is 6.08 Å². The number of ether oxygens (including phenoxy) is 2. The molecule has 4 rings (SSSR count). The fourth-order valence-electron chi connectivity index (χ4n) is 9.57. The Morgan fingerprint density at radius 2 is 2.00 bits per heavy atom. The number of carbonyl (C=O) groups is 2. The summed E-state index contributed by atoms with van der Waals surface area (Å²) in [5.74, 6) is 2.06. The number of fused-ring (bicyclic) bond motifs is 5. The lowest BCUT2D eigenvalue weighted by Crippen LogP contribution is -2.66. The number of azide groups is 1. The van der Waals surface area contributed by atoms with Crippen molar-refractivity contribution in [2.24, 2.45) is 57.2 Å². The first-order chi connectivity index (χ1) is 18.1. The third kappa shape index (κ3) is 5.04. The monoisotopic (exact) mass is 529 g/mol. The molecule has 0 radical (unpaired) electrons. The molecule has 212 valence electrons. The van der Waals surface area contributed by atoms with Gasteiger partial charge in [0, 0.05) is 29.5 Å². The van der Waals surface area contributed by atoms with Crippen LogP contribution in [0.2, 0.25) is 0 Å². The molecule has 0 aromatic rings. The number of methoxy groups -OCH3 is 1. The molecule has 0 unspecified atom stereocenters. The van der Waals surface area contributed by atoms with Gasteiger partial charge in [-0.25, -0.2) is 4.79 Å². The maximum absolute atomic E-state index is 12.8. The van der Waals surface area contributed by atoms with Gasteiger partial charge in [0.25, 0.3) is 0 Å². The fraction of sp³-hybridized carbons (Fsp3) is 0.862. The van der Waals surface area contributed by atoms with E-state index in [1.165, 1.54) is 7.11 Å². The highest BCUT2D eigenvalue weighted by molar-refractivity contribution is 5.69. The molecule has 0 heterocycles. The van der Waals surface area contributed by atoms with E-state index in [0.717, 1.165) is 51.4 Å². The topological polar surface area (TPSA) is 139 Å². The van der Waals surface area contributed by atoms with E-state index in [9.17, 15) is 9.59 Å². The summed E-state index contributed by atoms with van der Waals surface area (Å²) in [6.07, 6.45) is 9.17. The molecular weight excluding hydrogens is 482 g/mol. The third-order valence-electron chi connectivity index (χ3n) is 11.5. The molecule has 38 heavy (non-hydrogen) atoms. The maximum Gasteiger partial charge on any atom is 0.407 e. The van der Waals surface area contributed by atoms with Crippen LogP contribution in [0.5, 0.6) is 0 Å². The lowest BCUT2D eigenvalue weighted by atomic mass is 9.42. The first-order valence-corrected chi connectivity index (χ1v) is 14.5. The number of amides is 1. The second-order valence-electron chi connectivity index (χ2n) is 13.0. The van der Waals surface area contributed by atoms with Crippen LogP contribution in [-0.2, 0) is 14.3 Å². The summed E-state index contributed by atoms with van der Waals surface area (Å²) in [7, 11) is 1.45. The van der Waals surface area contributed by atoms with Crippen LogP contribution in [0, 0.1) is 46.3 Å². The van der Waals surface area contributed by atoms with E-state index in [0.29, 0.717) is 41.9 Å². The molecule has 0 bridgehead atoms. The van der Waals surface area contributed by atoms with Crippen molar-refractivity contribution in [3.8, 4) is 0 Å². The standard InChI is InChI=1S/C29H47N5O4/c1-6-13-38-27(36)32-23-15-18-14-19(33-34-31)11-12-28(18,3)22-16-24(30)29(4)20(8-9-21(29)26(22)23)17(2)7-10-25(35)37-5/h6,17-24,26H,1,7-16,30H2,2-5H3,(H,32,36)/t17-,18+,19-,20-,21+,22+,23-,24+,26+,28+,29-/m1/s1. The molecule has 4 saturated carbocycles. The van der Waals surface area contributed by atoms with Gasteiger partial charge >= 0.3 is 12.1 Å². The second-order valence-corrected chi connectivity index (χ2v) is 13.0. The van der Waals surface area contributed by atoms with Gasteiger partial charge < -0.3 is 20.5 Å². The number of carbonyl (C=O) groups excluding carboxylic acids is 2. The second kappa shape index (κ2) is 11.5. The molecule has 3 N–H and O–H groups in total. The predicted molar refractivity (Wildman–Crippen MR) is 146 cm³/mol. The minimum atomic E-state index is -0.391. The normalized spacial score (nSPS) is 42.3. The lowest BCUT2D eigenvalue weighted by Gasteiger charge is -2.64. The Kier molecular flexibility index (Phi) is 8.68. The van der Waals surface area contributed by atoms with E-state index in [2.05, 4.69) is 42.7 Å². The minimum Gasteiger partial charge on any atom is -0.469 e. The Hall–Kier alpha value is -2.25. The molecule has 0 spiro atoms. The molecule has 4 aliphatic carbocycles. The average Bonchev–Trinajstić information content (AvgIpc) is 3.25. The maximum atomic E-state index is 12.8. The molecule has 11 atom stereocenters. The molecule has 0 aliphatic heterocycles. The molecule has 0 aromatic carbocycles.